The van der Waals surface area contributed by atoms with Crippen molar-refractivity contribution in [3.05, 3.63) is 30.1 Å². The lowest BCUT2D eigenvalue weighted by molar-refractivity contribution is 0.0864. The SMILES string of the molecule is O=C(Nc1ccccc1F)OC1CCCCC1. The van der Waals surface area contributed by atoms with Crippen molar-refractivity contribution in [1.82, 2.24) is 0 Å². The molecule has 0 aromatic heterocycles. The van der Waals surface area contributed by atoms with Crippen LogP contribution >= 0.6 is 0 Å². The molecule has 0 heterocycles. The summed E-state index contributed by atoms with van der Waals surface area (Å²) in [6, 6.07) is 6.06. The number of nitrogens with one attached hydrogen (secondary N) is 1. The molecule has 2 rings (SSSR count). The van der Waals surface area contributed by atoms with Crippen LogP contribution in [0.15, 0.2) is 24.3 Å². The number of carbonyl (C=O) groups is 1. The summed E-state index contributed by atoms with van der Waals surface area (Å²) in [5, 5.41) is 2.42. The van der Waals surface area contributed by atoms with E-state index in [0.717, 1.165) is 25.7 Å². The summed E-state index contributed by atoms with van der Waals surface area (Å²) in [4.78, 5) is 11.5. The van der Waals surface area contributed by atoms with Crippen LogP contribution in [0.3, 0.4) is 0 Å². The number of hydrogen-bond acceptors (Lipinski definition) is 2. The van der Waals surface area contributed by atoms with Gasteiger partial charge in [0.1, 0.15) is 11.9 Å². The van der Waals surface area contributed by atoms with Gasteiger partial charge in [0.05, 0.1) is 5.69 Å². The van der Waals surface area contributed by atoms with Gasteiger partial charge in [-0.1, -0.05) is 18.6 Å². The summed E-state index contributed by atoms with van der Waals surface area (Å²) in [5.41, 5.74) is 0.160. The first-order valence-electron chi connectivity index (χ1n) is 5.98. The first kappa shape index (κ1) is 11.9. The minimum atomic E-state index is -0.568. The molecule has 4 heteroatoms. The van der Waals surface area contributed by atoms with Gasteiger partial charge in [-0.3, -0.25) is 5.32 Å². The number of rotatable bonds is 2. The van der Waals surface area contributed by atoms with Crippen LogP contribution in [0.1, 0.15) is 32.1 Å². The van der Waals surface area contributed by atoms with Crippen LogP contribution in [0.4, 0.5) is 14.9 Å². The number of halogens is 1. The van der Waals surface area contributed by atoms with Gasteiger partial charge in [0.25, 0.3) is 0 Å². The third-order valence-corrected chi connectivity index (χ3v) is 2.94. The van der Waals surface area contributed by atoms with E-state index < -0.39 is 11.9 Å². The first-order valence-corrected chi connectivity index (χ1v) is 5.98. The summed E-state index contributed by atoms with van der Waals surface area (Å²) in [5.74, 6) is -0.451. The van der Waals surface area contributed by atoms with Crippen molar-refractivity contribution in [2.75, 3.05) is 5.32 Å². The molecule has 1 fully saturated rings. The quantitative estimate of drug-likeness (QED) is 0.851. The number of benzene rings is 1. The van der Waals surface area contributed by atoms with Gasteiger partial charge in [0, 0.05) is 0 Å². The van der Waals surface area contributed by atoms with Crippen LogP contribution in [0, 0.1) is 5.82 Å². The highest BCUT2D eigenvalue weighted by Gasteiger charge is 2.18. The normalized spacial score (nSPS) is 16.5. The maximum atomic E-state index is 13.3. The zero-order valence-electron chi connectivity index (χ0n) is 9.62. The maximum absolute atomic E-state index is 13.3. The third-order valence-electron chi connectivity index (χ3n) is 2.94. The van der Waals surface area contributed by atoms with E-state index in [0.29, 0.717) is 0 Å². The van der Waals surface area contributed by atoms with E-state index in [2.05, 4.69) is 5.32 Å². The van der Waals surface area contributed by atoms with Gasteiger partial charge in [-0.2, -0.15) is 0 Å². The second kappa shape index (κ2) is 5.66. The molecular weight excluding hydrogens is 221 g/mol. The van der Waals surface area contributed by atoms with Crippen molar-refractivity contribution in [2.24, 2.45) is 0 Å². The first-order chi connectivity index (χ1) is 8.25. The fraction of sp³-hybridized carbons (Fsp3) is 0.462. The molecular formula is C13H16FNO2. The van der Waals surface area contributed by atoms with Crippen LogP contribution < -0.4 is 5.32 Å². The Labute approximate surface area is 100.0 Å². The third kappa shape index (κ3) is 3.44. The maximum Gasteiger partial charge on any atom is 0.411 e. The topological polar surface area (TPSA) is 38.3 Å². The molecule has 0 unspecified atom stereocenters. The molecule has 0 atom stereocenters. The van der Waals surface area contributed by atoms with Crippen LogP contribution in [0.2, 0.25) is 0 Å². The number of amides is 1. The summed E-state index contributed by atoms with van der Waals surface area (Å²) in [6.07, 6.45) is 4.62. The molecule has 1 amide bonds. The Kier molecular flexibility index (Phi) is 3.96. The van der Waals surface area contributed by atoms with E-state index in [1.165, 1.54) is 18.6 Å². The van der Waals surface area contributed by atoms with Gasteiger partial charge in [-0.25, -0.2) is 9.18 Å². The molecule has 1 saturated carbocycles. The summed E-state index contributed by atoms with van der Waals surface area (Å²) < 4.78 is 18.5. The van der Waals surface area contributed by atoms with E-state index in [1.807, 2.05) is 0 Å². The van der Waals surface area contributed by atoms with E-state index in [4.69, 9.17) is 4.74 Å². The monoisotopic (exact) mass is 237 g/mol. The Hall–Kier alpha value is -1.58. The van der Waals surface area contributed by atoms with Crippen LogP contribution in [0.25, 0.3) is 0 Å². The molecule has 1 aliphatic rings. The molecule has 0 radical (unpaired) electrons. The van der Waals surface area contributed by atoms with Crippen molar-refractivity contribution in [3.8, 4) is 0 Å². The number of hydrogen-bond donors (Lipinski definition) is 1. The fourth-order valence-electron chi connectivity index (χ4n) is 2.04. The Morgan fingerprint density at radius 2 is 1.94 bits per heavy atom. The lowest BCUT2D eigenvalue weighted by atomic mass is 9.98. The largest absolute Gasteiger partial charge is 0.446 e. The standard InChI is InChI=1S/C13H16FNO2/c14-11-8-4-5-9-12(11)15-13(16)17-10-6-2-1-3-7-10/h4-5,8-10H,1-3,6-7H2,(H,15,16). The van der Waals surface area contributed by atoms with Gasteiger partial charge in [-0.05, 0) is 37.8 Å². The lowest BCUT2D eigenvalue weighted by Gasteiger charge is -2.21. The number of carbonyl (C=O) groups excluding carboxylic acids is 1. The van der Waals surface area contributed by atoms with Crippen molar-refractivity contribution < 1.29 is 13.9 Å². The van der Waals surface area contributed by atoms with Crippen molar-refractivity contribution >= 4 is 11.8 Å². The second-order valence-corrected chi connectivity index (χ2v) is 4.27. The molecule has 0 aliphatic heterocycles. The molecule has 0 bridgehead atoms. The smallest absolute Gasteiger partial charge is 0.411 e. The zero-order valence-corrected chi connectivity index (χ0v) is 9.62. The second-order valence-electron chi connectivity index (χ2n) is 4.27. The summed E-state index contributed by atoms with van der Waals surface area (Å²) in [6.45, 7) is 0. The van der Waals surface area contributed by atoms with Gasteiger partial charge in [0.15, 0.2) is 0 Å². The Balaban J connectivity index is 1.86. The molecule has 17 heavy (non-hydrogen) atoms. The molecule has 92 valence electrons. The fourth-order valence-corrected chi connectivity index (χ4v) is 2.04. The average molecular weight is 237 g/mol. The van der Waals surface area contributed by atoms with Gasteiger partial charge < -0.3 is 4.74 Å². The van der Waals surface area contributed by atoms with Crippen LogP contribution in [-0.4, -0.2) is 12.2 Å². The van der Waals surface area contributed by atoms with Crippen molar-refractivity contribution in [2.45, 2.75) is 38.2 Å². The Bertz CT molecular complexity index is 389. The molecule has 0 spiro atoms. The number of anilines is 1. The minimum Gasteiger partial charge on any atom is -0.446 e. The highest BCUT2D eigenvalue weighted by atomic mass is 19.1. The molecule has 1 N–H and O–H groups in total. The number of para-hydroxylation sites is 1. The van der Waals surface area contributed by atoms with E-state index in [-0.39, 0.29) is 11.8 Å². The van der Waals surface area contributed by atoms with E-state index >= 15 is 0 Å². The minimum absolute atomic E-state index is 0.0180. The zero-order chi connectivity index (χ0) is 12.1. The predicted octanol–water partition coefficient (Wildman–Crippen LogP) is 3.71. The molecule has 1 aromatic carbocycles. The van der Waals surface area contributed by atoms with Crippen LogP contribution in [-0.2, 0) is 4.74 Å². The highest BCUT2D eigenvalue weighted by Crippen LogP contribution is 2.21. The van der Waals surface area contributed by atoms with E-state index in [1.54, 1.807) is 12.1 Å². The van der Waals surface area contributed by atoms with Crippen LogP contribution in [0.5, 0.6) is 0 Å². The van der Waals surface area contributed by atoms with Crippen molar-refractivity contribution in [3.63, 3.8) is 0 Å². The molecule has 0 saturated heterocycles. The Morgan fingerprint density at radius 1 is 1.24 bits per heavy atom. The van der Waals surface area contributed by atoms with Gasteiger partial charge in [-0.15, -0.1) is 0 Å². The summed E-state index contributed by atoms with van der Waals surface area (Å²) >= 11 is 0. The van der Waals surface area contributed by atoms with Gasteiger partial charge >= 0.3 is 6.09 Å². The van der Waals surface area contributed by atoms with Gasteiger partial charge in [0.2, 0.25) is 0 Å². The Morgan fingerprint density at radius 3 is 2.65 bits per heavy atom. The number of ether oxygens (including phenoxy) is 1. The molecule has 1 aliphatic carbocycles. The predicted molar refractivity (Wildman–Crippen MR) is 63.4 cm³/mol. The average Bonchev–Trinajstić information content (AvgIpc) is 2.33. The van der Waals surface area contributed by atoms with E-state index in [9.17, 15) is 9.18 Å². The molecule has 1 aromatic rings. The van der Waals surface area contributed by atoms with Crippen molar-refractivity contribution in [1.29, 1.82) is 0 Å². The highest BCUT2D eigenvalue weighted by molar-refractivity contribution is 5.84. The summed E-state index contributed by atoms with van der Waals surface area (Å²) in [7, 11) is 0. The molecule has 3 nitrogen and oxygen atoms in total. The lowest BCUT2D eigenvalue weighted by Crippen LogP contribution is -2.24.